The Kier molecular flexibility index (Phi) is 8.70. The lowest BCUT2D eigenvalue weighted by molar-refractivity contribution is -0.154. The summed E-state index contributed by atoms with van der Waals surface area (Å²) < 4.78 is 4.65. The summed E-state index contributed by atoms with van der Waals surface area (Å²) in [6, 6.07) is 4.53. The molecular weight excluding hydrogens is 568 g/mol. The van der Waals surface area contributed by atoms with Crippen LogP contribution in [-0.2, 0) is 19.1 Å². The zero-order valence-electron chi connectivity index (χ0n) is 22.9. The summed E-state index contributed by atoms with van der Waals surface area (Å²) in [6.45, 7) is 13.9. The minimum absolute atomic E-state index is 0.0365. The Morgan fingerprint density at radius 1 is 1.34 bits per heavy atom. The number of rotatable bonds is 10. The molecule has 4 rings (SSSR count). The molecule has 0 aliphatic carbocycles. The van der Waals surface area contributed by atoms with E-state index >= 15 is 0 Å². The highest BCUT2D eigenvalue weighted by molar-refractivity contribution is 9.09. The van der Waals surface area contributed by atoms with Crippen molar-refractivity contribution in [1.82, 2.24) is 4.90 Å². The van der Waals surface area contributed by atoms with E-state index in [-0.39, 0.29) is 53.5 Å². The normalized spacial score (nSPS) is 31.2. The van der Waals surface area contributed by atoms with Crippen LogP contribution in [0.5, 0.6) is 0 Å². The highest BCUT2D eigenvalue weighted by atomic mass is 79.9. The number of halogens is 1. The number of aliphatic hydroxyl groups excluding tert-OH is 1. The molecule has 1 aromatic carbocycles. The van der Waals surface area contributed by atoms with Crippen molar-refractivity contribution in [3.05, 3.63) is 42.0 Å². The lowest BCUT2D eigenvalue weighted by Gasteiger charge is -2.41. The third-order valence-electron chi connectivity index (χ3n) is 8.65. The van der Waals surface area contributed by atoms with Gasteiger partial charge in [0.2, 0.25) is 5.91 Å². The summed E-state index contributed by atoms with van der Waals surface area (Å²) in [7, 11) is 0. The molecular formula is C29H39BrN2O5S. The average molecular weight is 608 g/mol. The Morgan fingerprint density at radius 2 is 2.00 bits per heavy atom. The van der Waals surface area contributed by atoms with Gasteiger partial charge in [-0.15, -0.1) is 18.3 Å². The summed E-state index contributed by atoms with van der Waals surface area (Å²) in [5.74, 6) is -2.17. The number of hydrogen-bond donors (Lipinski definition) is 1. The van der Waals surface area contributed by atoms with Crippen LogP contribution >= 0.6 is 27.7 Å². The summed E-state index contributed by atoms with van der Waals surface area (Å²) in [5.41, 5.74) is 2.72. The van der Waals surface area contributed by atoms with Crippen LogP contribution in [0.25, 0.3) is 0 Å². The van der Waals surface area contributed by atoms with Gasteiger partial charge >= 0.3 is 5.97 Å². The van der Waals surface area contributed by atoms with Crippen LogP contribution in [0.15, 0.2) is 30.9 Å². The van der Waals surface area contributed by atoms with Gasteiger partial charge in [0.25, 0.3) is 5.91 Å². The summed E-state index contributed by atoms with van der Waals surface area (Å²) in [6.07, 6.45) is 3.01. The molecule has 0 aromatic heterocycles. The Balaban J connectivity index is 1.90. The predicted octanol–water partition coefficient (Wildman–Crippen LogP) is 4.26. The van der Waals surface area contributed by atoms with E-state index in [0.717, 1.165) is 23.2 Å². The van der Waals surface area contributed by atoms with E-state index in [0.29, 0.717) is 6.42 Å². The number of alkyl halides is 1. The van der Waals surface area contributed by atoms with E-state index in [4.69, 9.17) is 4.74 Å². The van der Waals surface area contributed by atoms with Crippen LogP contribution in [-0.4, -0.2) is 74.5 Å². The van der Waals surface area contributed by atoms with Gasteiger partial charge in [0.15, 0.2) is 0 Å². The molecule has 208 valence electrons. The van der Waals surface area contributed by atoms with Crippen LogP contribution in [0.3, 0.4) is 0 Å². The fourth-order valence-corrected chi connectivity index (χ4v) is 10.4. The number of hydrogen-bond acceptors (Lipinski definition) is 6. The molecule has 38 heavy (non-hydrogen) atoms. The first-order valence-electron chi connectivity index (χ1n) is 13.5. The van der Waals surface area contributed by atoms with Crippen molar-refractivity contribution in [3.8, 4) is 0 Å². The van der Waals surface area contributed by atoms with Crippen LogP contribution in [0.1, 0.15) is 44.7 Å². The molecule has 3 aliphatic rings. The smallest absolute Gasteiger partial charge is 0.310 e. The fourth-order valence-electron chi connectivity index (χ4n) is 6.83. The topological polar surface area (TPSA) is 87.2 Å². The highest BCUT2D eigenvalue weighted by Crippen LogP contribution is 2.68. The minimum Gasteiger partial charge on any atom is -0.466 e. The quantitative estimate of drug-likeness (QED) is 0.243. The van der Waals surface area contributed by atoms with Crippen LogP contribution in [0.2, 0.25) is 0 Å². The standard InChI is InChI=1S/C29H39BrN2O5S/c1-7-13-31(23-17(5)11-10-12-18(23)6)27(35)25-29-14-19(30)24(38-29)21(28(36)37-9-3)22(29)26(34)32(25)20(15-33)16(4)8-2/h7,10-12,16,19-22,24-25,33H,1,8-9,13-15H2,2-6H3/t16-,19?,20-,21+,22-,24+,25?,29?/m0/s1. The van der Waals surface area contributed by atoms with Gasteiger partial charge in [0.05, 0.1) is 35.8 Å². The van der Waals surface area contributed by atoms with Crippen LogP contribution in [0.4, 0.5) is 5.69 Å². The average Bonchev–Trinajstić information content (AvgIpc) is 3.47. The number of para-hydroxylation sites is 1. The number of aryl methyl sites for hydroxylation is 2. The fraction of sp³-hybridized carbons (Fsp3) is 0.621. The molecule has 1 aromatic rings. The Bertz CT molecular complexity index is 1090. The van der Waals surface area contributed by atoms with E-state index in [1.165, 1.54) is 0 Å². The van der Waals surface area contributed by atoms with Gasteiger partial charge < -0.3 is 19.6 Å². The molecule has 3 fully saturated rings. The largest absolute Gasteiger partial charge is 0.466 e. The molecule has 3 unspecified atom stereocenters. The third kappa shape index (κ3) is 4.42. The maximum absolute atomic E-state index is 14.8. The van der Waals surface area contributed by atoms with Crippen molar-refractivity contribution in [2.75, 3.05) is 24.7 Å². The molecule has 0 saturated carbocycles. The lowest BCUT2D eigenvalue weighted by Crippen LogP contribution is -2.59. The number of fused-ring (bicyclic) bond motifs is 1. The van der Waals surface area contributed by atoms with Crippen molar-refractivity contribution < 1.29 is 24.2 Å². The number of nitrogens with zero attached hydrogens (tertiary/aromatic N) is 2. The highest BCUT2D eigenvalue weighted by Gasteiger charge is 2.77. The van der Waals surface area contributed by atoms with Gasteiger partial charge in [-0.05, 0) is 44.2 Å². The van der Waals surface area contributed by atoms with Gasteiger partial charge in [-0.3, -0.25) is 14.4 Å². The molecule has 0 radical (unpaired) electrons. The number of likely N-dealkylation sites (tertiary alicyclic amines) is 1. The molecule has 2 bridgehead atoms. The summed E-state index contributed by atoms with van der Waals surface area (Å²) in [4.78, 5) is 45.8. The van der Waals surface area contributed by atoms with Gasteiger partial charge in [0, 0.05) is 22.3 Å². The predicted molar refractivity (Wildman–Crippen MR) is 154 cm³/mol. The molecule has 3 aliphatic heterocycles. The first-order chi connectivity index (χ1) is 18.1. The van der Waals surface area contributed by atoms with Crippen molar-refractivity contribution in [2.45, 2.75) is 74.4 Å². The first-order valence-corrected chi connectivity index (χ1v) is 15.3. The Morgan fingerprint density at radius 3 is 2.55 bits per heavy atom. The number of amides is 2. The Labute approximate surface area is 238 Å². The molecule has 3 heterocycles. The third-order valence-corrected chi connectivity index (χ3v) is 11.9. The summed E-state index contributed by atoms with van der Waals surface area (Å²) in [5, 5.41) is 10.4. The van der Waals surface area contributed by atoms with Gasteiger partial charge in [0.1, 0.15) is 6.04 Å². The second-order valence-electron chi connectivity index (χ2n) is 10.8. The molecule has 1 N–H and O–H groups in total. The maximum Gasteiger partial charge on any atom is 0.310 e. The molecule has 8 atom stereocenters. The first kappa shape index (κ1) is 29.2. The van der Waals surface area contributed by atoms with Crippen molar-refractivity contribution in [2.24, 2.45) is 17.8 Å². The summed E-state index contributed by atoms with van der Waals surface area (Å²) >= 11 is 5.37. The number of benzene rings is 1. The van der Waals surface area contributed by atoms with Crippen LogP contribution < -0.4 is 4.90 Å². The Hall–Kier alpha value is -1.84. The van der Waals surface area contributed by atoms with E-state index < -0.39 is 28.7 Å². The lowest BCUT2D eigenvalue weighted by atomic mass is 9.71. The number of thioether (sulfide) groups is 1. The minimum atomic E-state index is -0.834. The second-order valence-corrected chi connectivity index (χ2v) is 13.5. The van der Waals surface area contributed by atoms with E-state index in [2.05, 4.69) is 22.5 Å². The number of aliphatic hydroxyl groups is 1. The maximum atomic E-state index is 14.8. The van der Waals surface area contributed by atoms with Crippen molar-refractivity contribution >= 4 is 51.2 Å². The van der Waals surface area contributed by atoms with Crippen molar-refractivity contribution in [3.63, 3.8) is 0 Å². The number of ether oxygens (including phenoxy) is 1. The van der Waals surface area contributed by atoms with Crippen LogP contribution in [0, 0.1) is 31.6 Å². The van der Waals surface area contributed by atoms with E-state index in [1.807, 2.05) is 45.9 Å². The molecule has 7 nitrogen and oxygen atoms in total. The monoisotopic (exact) mass is 606 g/mol. The number of esters is 1. The van der Waals surface area contributed by atoms with Gasteiger partial charge in [-0.1, -0.05) is 60.5 Å². The van der Waals surface area contributed by atoms with Crippen molar-refractivity contribution in [1.29, 1.82) is 0 Å². The molecule has 2 amide bonds. The number of carbonyl (C=O) groups excluding carboxylic acids is 3. The number of carbonyl (C=O) groups is 3. The molecule has 9 heteroatoms. The molecule has 3 saturated heterocycles. The van der Waals surface area contributed by atoms with Gasteiger partial charge in [-0.2, -0.15) is 0 Å². The van der Waals surface area contributed by atoms with E-state index in [1.54, 1.807) is 34.6 Å². The molecule has 1 spiro atoms. The SMILES string of the molecule is C=CCN(C(=O)C1N([C@@H](CO)[C@@H](C)CC)C(=O)[C@@H]2[C@@H](C(=O)OCC)[C@@H]3SC12CC3Br)c1c(C)cccc1C. The zero-order valence-corrected chi connectivity index (χ0v) is 25.3. The van der Waals surface area contributed by atoms with E-state index in [9.17, 15) is 19.5 Å². The second kappa shape index (κ2) is 11.3. The van der Waals surface area contributed by atoms with Gasteiger partial charge in [-0.25, -0.2) is 0 Å². The zero-order chi connectivity index (χ0) is 27.9. The number of anilines is 1.